The monoisotopic (exact) mass is 661 g/mol. The maximum absolute atomic E-state index is 15.5. The topological polar surface area (TPSA) is 99.4 Å². The molecule has 12 heteroatoms. The minimum Gasteiger partial charge on any atom is -0.496 e. The molecule has 3 aliphatic rings. The van der Waals surface area contributed by atoms with Gasteiger partial charge in [-0.15, -0.1) is 0 Å². The molecule has 0 saturated carbocycles. The van der Waals surface area contributed by atoms with E-state index in [0.29, 0.717) is 47.3 Å². The third-order valence-corrected chi connectivity index (χ3v) is 11.4. The van der Waals surface area contributed by atoms with E-state index in [4.69, 9.17) is 20.8 Å². The number of oxazole rings is 1. The van der Waals surface area contributed by atoms with Gasteiger partial charge in [-0.05, 0) is 67.9 Å². The van der Waals surface area contributed by atoms with Crippen LogP contribution in [0, 0.1) is 0 Å². The molecule has 3 aliphatic heterocycles. The summed E-state index contributed by atoms with van der Waals surface area (Å²) in [5, 5.41) is 0.384. The number of carbonyl (C=O) groups is 1. The van der Waals surface area contributed by atoms with E-state index in [-0.39, 0.29) is 10.6 Å². The molecule has 1 aromatic heterocycles. The third kappa shape index (κ3) is 5.01. The number of nitrogens with zero attached hydrogens (tertiary/aromatic N) is 5. The Morgan fingerprint density at radius 3 is 2.50 bits per heavy atom. The predicted molar refractivity (Wildman–Crippen MR) is 174 cm³/mol. The van der Waals surface area contributed by atoms with Gasteiger partial charge in [-0.3, -0.25) is 14.6 Å². The Morgan fingerprint density at radius 1 is 1.00 bits per heavy atom. The highest BCUT2D eigenvalue weighted by molar-refractivity contribution is 7.93. The second kappa shape index (κ2) is 12.1. The van der Waals surface area contributed by atoms with Crippen LogP contribution in [0.3, 0.4) is 0 Å². The van der Waals surface area contributed by atoms with Crippen LogP contribution in [0.2, 0.25) is 5.02 Å². The molecule has 10 nitrogen and oxygen atoms in total. The molecule has 1 amide bonds. The first-order valence-corrected chi connectivity index (χ1v) is 17.3. The van der Waals surface area contributed by atoms with E-state index >= 15 is 4.79 Å². The van der Waals surface area contributed by atoms with Gasteiger partial charge in [-0.1, -0.05) is 35.9 Å². The highest BCUT2D eigenvalue weighted by atomic mass is 35.5. The number of aromatic nitrogens is 1. The number of piperazine rings is 1. The minimum absolute atomic E-state index is 0.0153. The van der Waals surface area contributed by atoms with Gasteiger partial charge in [0.25, 0.3) is 15.9 Å². The molecule has 0 spiro atoms. The highest BCUT2D eigenvalue weighted by Crippen LogP contribution is 2.56. The number of likely N-dealkylation sites (N-methyl/N-ethyl adjacent to an activating group) is 1. The predicted octanol–water partition coefficient (Wildman–Crippen LogP) is 4.90. The van der Waals surface area contributed by atoms with Crippen LogP contribution in [-0.4, -0.2) is 80.9 Å². The van der Waals surface area contributed by atoms with E-state index in [1.54, 1.807) is 49.7 Å². The second-order valence-corrected chi connectivity index (χ2v) is 14.3. The molecular weight excluding hydrogens is 626 g/mol. The SMILES string of the molecule is COc1ccc(CN2CCN(C)CC2)cc1C1(N2CCC[C@H]2c2ncco2)C(=O)N(S(=O)(=O)c2ccccc2)c2ccc(Cl)cc21. The molecule has 1 unspecified atom stereocenters. The summed E-state index contributed by atoms with van der Waals surface area (Å²) < 4.78 is 41.6. The smallest absolute Gasteiger partial charge is 0.271 e. The first-order chi connectivity index (χ1) is 22.2. The molecule has 0 aliphatic carbocycles. The van der Waals surface area contributed by atoms with E-state index < -0.39 is 27.5 Å². The van der Waals surface area contributed by atoms with Crippen LogP contribution in [0.15, 0.2) is 88.5 Å². The Balaban J connectivity index is 1.48. The number of carbonyl (C=O) groups excluding carboxylic acids is 1. The molecule has 0 bridgehead atoms. The number of benzene rings is 3. The third-order valence-electron chi connectivity index (χ3n) is 9.42. The fourth-order valence-corrected chi connectivity index (χ4v) is 8.85. The average molecular weight is 662 g/mol. The largest absolute Gasteiger partial charge is 0.496 e. The number of rotatable bonds is 8. The molecule has 2 saturated heterocycles. The summed E-state index contributed by atoms with van der Waals surface area (Å²) in [5.41, 5.74) is 0.647. The molecule has 2 atom stereocenters. The summed E-state index contributed by atoms with van der Waals surface area (Å²) in [7, 11) is -0.640. The number of amides is 1. The molecule has 240 valence electrons. The fraction of sp³-hybridized carbons (Fsp3) is 0.353. The summed E-state index contributed by atoms with van der Waals surface area (Å²) >= 11 is 6.68. The van der Waals surface area contributed by atoms with Gasteiger partial charge >= 0.3 is 0 Å². The van der Waals surface area contributed by atoms with Crippen molar-refractivity contribution >= 4 is 33.2 Å². The average Bonchev–Trinajstić information content (AvgIpc) is 3.82. The standard InChI is InChI=1S/C34H36ClN5O5S/c1-37-16-18-38(19-17-37)23-24-10-13-31(44-2)28(21-24)34(39-15-6-9-30(39)32-36-14-20-45-32)27-22-25(35)11-12-29(27)40(33(34)41)46(42,43)26-7-4-3-5-8-26/h3-5,7-8,10-14,20-22,30H,6,9,15-19,23H2,1-2H3/t30-,34?/m0/s1. The van der Waals surface area contributed by atoms with Crippen LogP contribution in [-0.2, 0) is 26.9 Å². The summed E-state index contributed by atoms with van der Waals surface area (Å²) in [6.07, 6.45) is 4.51. The first-order valence-electron chi connectivity index (χ1n) is 15.4. The number of hydrogen-bond acceptors (Lipinski definition) is 9. The molecule has 0 N–H and O–H groups in total. The van der Waals surface area contributed by atoms with Crippen molar-refractivity contribution in [2.75, 3.05) is 51.2 Å². The van der Waals surface area contributed by atoms with E-state index in [0.717, 1.165) is 42.5 Å². The number of hydrogen-bond donors (Lipinski definition) is 0. The molecule has 3 aromatic carbocycles. The van der Waals surface area contributed by atoms with E-state index in [1.165, 1.54) is 18.4 Å². The summed E-state index contributed by atoms with van der Waals surface area (Å²) in [6, 6.07) is 18.5. The molecule has 46 heavy (non-hydrogen) atoms. The lowest BCUT2D eigenvalue weighted by molar-refractivity contribution is -0.127. The van der Waals surface area contributed by atoms with Crippen LogP contribution < -0.4 is 9.04 Å². The highest BCUT2D eigenvalue weighted by Gasteiger charge is 2.62. The van der Waals surface area contributed by atoms with Crippen LogP contribution in [0.25, 0.3) is 0 Å². The van der Waals surface area contributed by atoms with Crippen molar-refractivity contribution in [3.8, 4) is 5.75 Å². The van der Waals surface area contributed by atoms with Crippen molar-refractivity contribution < 1.29 is 22.4 Å². The molecule has 4 aromatic rings. The van der Waals surface area contributed by atoms with Gasteiger partial charge < -0.3 is 14.1 Å². The van der Waals surface area contributed by atoms with Gasteiger partial charge in [0.2, 0.25) is 5.89 Å². The Hall–Kier alpha value is -3.74. The zero-order valence-corrected chi connectivity index (χ0v) is 27.4. The van der Waals surface area contributed by atoms with Crippen molar-refractivity contribution in [3.63, 3.8) is 0 Å². The zero-order chi connectivity index (χ0) is 32.1. The van der Waals surface area contributed by atoms with Gasteiger partial charge in [0.1, 0.15) is 12.0 Å². The van der Waals surface area contributed by atoms with Gasteiger partial charge in [0.05, 0.1) is 29.9 Å². The summed E-state index contributed by atoms with van der Waals surface area (Å²) in [5.74, 6) is 0.311. The lowest BCUT2D eigenvalue weighted by atomic mass is 9.80. The lowest BCUT2D eigenvalue weighted by Gasteiger charge is -2.41. The Morgan fingerprint density at radius 2 is 1.78 bits per heavy atom. The van der Waals surface area contributed by atoms with E-state index in [9.17, 15) is 8.42 Å². The number of ether oxygens (including phenoxy) is 1. The lowest BCUT2D eigenvalue weighted by Crippen LogP contribution is -2.54. The summed E-state index contributed by atoms with van der Waals surface area (Å²) in [6.45, 7) is 4.93. The van der Waals surface area contributed by atoms with Crippen molar-refractivity contribution in [2.45, 2.75) is 35.9 Å². The molecule has 2 fully saturated rings. The number of methoxy groups -OCH3 is 1. The van der Waals surface area contributed by atoms with Crippen molar-refractivity contribution in [3.05, 3.63) is 107 Å². The van der Waals surface area contributed by atoms with E-state index in [2.05, 4.69) is 21.8 Å². The Labute approximate surface area is 274 Å². The molecule has 4 heterocycles. The van der Waals surface area contributed by atoms with Gasteiger partial charge in [-0.25, -0.2) is 17.7 Å². The maximum Gasteiger partial charge on any atom is 0.271 e. The van der Waals surface area contributed by atoms with Gasteiger partial charge in [0.15, 0.2) is 5.54 Å². The van der Waals surface area contributed by atoms with Crippen molar-refractivity contribution in [2.24, 2.45) is 0 Å². The van der Waals surface area contributed by atoms with Crippen molar-refractivity contribution in [1.82, 2.24) is 19.7 Å². The van der Waals surface area contributed by atoms with Crippen LogP contribution in [0.1, 0.15) is 41.5 Å². The van der Waals surface area contributed by atoms with Crippen molar-refractivity contribution in [1.29, 1.82) is 0 Å². The zero-order valence-electron chi connectivity index (χ0n) is 25.8. The molecule has 7 rings (SSSR count). The number of fused-ring (bicyclic) bond motifs is 1. The van der Waals surface area contributed by atoms with E-state index in [1.807, 2.05) is 23.1 Å². The van der Waals surface area contributed by atoms with Gasteiger partial charge in [-0.2, -0.15) is 0 Å². The summed E-state index contributed by atoms with van der Waals surface area (Å²) in [4.78, 5) is 26.7. The minimum atomic E-state index is -4.33. The molecular formula is C34H36ClN5O5S. The number of likely N-dealkylation sites (tertiary alicyclic amines) is 1. The Kier molecular flexibility index (Phi) is 8.14. The van der Waals surface area contributed by atoms with Gasteiger partial charge in [0, 0.05) is 55.4 Å². The van der Waals surface area contributed by atoms with Crippen LogP contribution in [0.5, 0.6) is 5.75 Å². The number of anilines is 1. The number of sulfonamides is 1. The quantitative estimate of drug-likeness (QED) is 0.261. The number of halogens is 1. The maximum atomic E-state index is 15.5. The normalized spacial score (nSPS) is 22.8. The molecule has 0 radical (unpaired) electrons. The Bertz CT molecular complexity index is 1850. The second-order valence-electron chi connectivity index (χ2n) is 12.1. The van der Waals surface area contributed by atoms with Crippen LogP contribution in [0.4, 0.5) is 5.69 Å². The van der Waals surface area contributed by atoms with Crippen LogP contribution >= 0.6 is 11.6 Å². The first kappa shape index (κ1) is 30.9. The fourth-order valence-electron chi connectivity index (χ4n) is 7.20.